The van der Waals surface area contributed by atoms with Crippen LogP contribution in [0, 0.1) is 0 Å². The maximum absolute atomic E-state index is 5.44. The second kappa shape index (κ2) is 5.96. The van der Waals surface area contributed by atoms with Crippen LogP contribution in [0.5, 0.6) is 0 Å². The van der Waals surface area contributed by atoms with E-state index in [2.05, 4.69) is 22.5 Å². The second-order valence-corrected chi connectivity index (χ2v) is 3.89. The Morgan fingerprint density at radius 1 is 1.43 bits per heavy atom. The van der Waals surface area contributed by atoms with Crippen LogP contribution in [0.25, 0.3) is 0 Å². The van der Waals surface area contributed by atoms with Crippen molar-refractivity contribution in [3.8, 4) is 0 Å². The molecular formula is C11H14BrNO. The van der Waals surface area contributed by atoms with Crippen molar-refractivity contribution in [1.29, 1.82) is 0 Å². The van der Waals surface area contributed by atoms with Crippen molar-refractivity contribution in [3.63, 3.8) is 0 Å². The van der Waals surface area contributed by atoms with Gasteiger partial charge in [0.2, 0.25) is 0 Å². The van der Waals surface area contributed by atoms with Crippen molar-refractivity contribution < 1.29 is 4.74 Å². The number of nitrogens with two attached hydrogens (primary N) is 1. The molecule has 0 radical (unpaired) electrons. The predicted octanol–water partition coefficient (Wildman–Crippen LogP) is 2.48. The van der Waals surface area contributed by atoms with Crippen molar-refractivity contribution in [2.75, 3.05) is 13.2 Å². The zero-order valence-electron chi connectivity index (χ0n) is 8.00. The number of halogens is 1. The first kappa shape index (κ1) is 11.4. The summed E-state index contributed by atoms with van der Waals surface area (Å²) >= 11 is 3.45. The lowest BCUT2D eigenvalue weighted by molar-refractivity contribution is 0.141. The van der Waals surface area contributed by atoms with Gasteiger partial charge in [-0.15, -0.1) is 0 Å². The van der Waals surface area contributed by atoms with Gasteiger partial charge >= 0.3 is 0 Å². The van der Waals surface area contributed by atoms with Gasteiger partial charge in [0.25, 0.3) is 0 Å². The van der Waals surface area contributed by atoms with Crippen LogP contribution in [0.1, 0.15) is 5.56 Å². The van der Waals surface area contributed by atoms with E-state index in [9.17, 15) is 0 Å². The molecule has 1 rings (SSSR count). The van der Waals surface area contributed by atoms with Gasteiger partial charge in [0, 0.05) is 11.0 Å². The van der Waals surface area contributed by atoms with Gasteiger partial charge in [-0.2, -0.15) is 0 Å². The summed E-state index contributed by atoms with van der Waals surface area (Å²) in [5, 5.41) is 0. The Bertz CT molecular complexity index is 312. The highest BCUT2D eigenvalue weighted by Crippen LogP contribution is 2.16. The first-order valence-electron chi connectivity index (χ1n) is 4.42. The summed E-state index contributed by atoms with van der Waals surface area (Å²) in [6, 6.07) is 7.99. The van der Waals surface area contributed by atoms with Crippen molar-refractivity contribution in [1.82, 2.24) is 0 Å². The molecule has 0 unspecified atom stereocenters. The molecule has 0 amide bonds. The van der Waals surface area contributed by atoms with Crippen molar-refractivity contribution in [2.24, 2.45) is 5.73 Å². The molecule has 14 heavy (non-hydrogen) atoms. The lowest BCUT2D eigenvalue weighted by Gasteiger charge is -2.06. The number of benzene rings is 1. The number of hydrogen-bond donors (Lipinski definition) is 1. The average molecular weight is 256 g/mol. The number of hydrogen-bond acceptors (Lipinski definition) is 2. The molecule has 0 fully saturated rings. The van der Waals surface area contributed by atoms with Crippen LogP contribution in [-0.2, 0) is 11.3 Å². The van der Waals surface area contributed by atoms with Gasteiger partial charge in [0.1, 0.15) is 0 Å². The Balaban J connectivity index is 2.39. The molecule has 0 saturated heterocycles. The minimum atomic E-state index is 0.482. The minimum Gasteiger partial charge on any atom is -0.372 e. The number of rotatable bonds is 5. The topological polar surface area (TPSA) is 35.2 Å². The molecule has 3 heteroatoms. The molecule has 1 aromatic carbocycles. The van der Waals surface area contributed by atoms with Gasteiger partial charge in [-0.25, -0.2) is 0 Å². The van der Waals surface area contributed by atoms with E-state index >= 15 is 0 Å². The van der Waals surface area contributed by atoms with Crippen LogP contribution in [0.3, 0.4) is 0 Å². The fourth-order valence-corrected chi connectivity index (χ4v) is 1.38. The first-order valence-corrected chi connectivity index (χ1v) is 5.21. The van der Waals surface area contributed by atoms with Crippen molar-refractivity contribution in [3.05, 3.63) is 46.5 Å². The van der Waals surface area contributed by atoms with Crippen LogP contribution in [0.2, 0.25) is 0 Å². The Morgan fingerprint density at radius 2 is 2.14 bits per heavy atom. The van der Waals surface area contributed by atoms with Gasteiger partial charge in [0.05, 0.1) is 13.2 Å². The largest absolute Gasteiger partial charge is 0.372 e. The van der Waals surface area contributed by atoms with E-state index in [1.807, 2.05) is 24.3 Å². The van der Waals surface area contributed by atoms with Crippen LogP contribution >= 0.6 is 15.9 Å². The Hall–Kier alpha value is -0.640. The SMILES string of the molecule is C=C(CN)COCc1ccccc1Br. The standard InChI is InChI=1S/C11H14BrNO/c1-9(6-13)7-14-8-10-4-2-3-5-11(10)12/h2-5H,1,6-8,13H2. The quantitative estimate of drug-likeness (QED) is 0.821. The van der Waals surface area contributed by atoms with E-state index in [1.165, 1.54) is 0 Å². The molecule has 0 aliphatic heterocycles. The summed E-state index contributed by atoms with van der Waals surface area (Å²) in [4.78, 5) is 0. The van der Waals surface area contributed by atoms with Crippen LogP contribution < -0.4 is 5.73 Å². The molecule has 76 valence electrons. The Labute approximate surface area is 92.9 Å². The normalized spacial score (nSPS) is 10.1. The second-order valence-electron chi connectivity index (χ2n) is 3.04. The maximum Gasteiger partial charge on any atom is 0.0732 e. The van der Waals surface area contributed by atoms with Crippen LogP contribution in [0.4, 0.5) is 0 Å². The zero-order chi connectivity index (χ0) is 10.4. The molecule has 0 atom stereocenters. The monoisotopic (exact) mass is 255 g/mol. The smallest absolute Gasteiger partial charge is 0.0732 e. The fourth-order valence-electron chi connectivity index (χ4n) is 0.980. The van der Waals surface area contributed by atoms with E-state index < -0.39 is 0 Å². The zero-order valence-corrected chi connectivity index (χ0v) is 9.59. The lowest BCUT2D eigenvalue weighted by Crippen LogP contribution is -2.08. The highest BCUT2D eigenvalue weighted by atomic mass is 79.9. The minimum absolute atomic E-state index is 0.482. The molecular weight excluding hydrogens is 242 g/mol. The van der Waals surface area contributed by atoms with E-state index in [1.54, 1.807) is 0 Å². The lowest BCUT2D eigenvalue weighted by atomic mass is 10.2. The van der Waals surface area contributed by atoms with Crippen LogP contribution in [-0.4, -0.2) is 13.2 Å². The van der Waals surface area contributed by atoms with E-state index in [0.29, 0.717) is 19.8 Å². The molecule has 0 saturated carbocycles. The Kier molecular flexibility index (Phi) is 4.87. The fraction of sp³-hybridized carbons (Fsp3) is 0.273. The van der Waals surface area contributed by atoms with Gasteiger partial charge < -0.3 is 10.5 Å². The molecule has 0 bridgehead atoms. The summed E-state index contributed by atoms with van der Waals surface area (Å²) in [5.74, 6) is 0. The first-order chi connectivity index (χ1) is 6.74. The summed E-state index contributed by atoms with van der Waals surface area (Å²) in [5.41, 5.74) is 7.44. The third-order valence-electron chi connectivity index (χ3n) is 1.81. The molecule has 1 aromatic rings. The highest BCUT2D eigenvalue weighted by Gasteiger charge is 1.98. The van der Waals surface area contributed by atoms with Crippen molar-refractivity contribution >= 4 is 15.9 Å². The third-order valence-corrected chi connectivity index (χ3v) is 2.58. The molecule has 0 heterocycles. The van der Waals surface area contributed by atoms with Crippen molar-refractivity contribution in [2.45, 2.75) is 6.61 Å². The molecule has 2 N–H and O–H groups in total. The van der Waals surface area contributed by atoms with Gasteiger partial charge in [-0.3, -0.25) is 0 Å². The Morgan fingerprint density at radius 3 is 2.79 bits per heavy atom. The van der Waals surface area contributed by atoms with E-state index in [0.717, 1.165) is 15.6 Å². The summed E-state index contributed by atoms with van der Waals surface area (Å²) < 4.78 is 6.51. The average Bonchev–Trinajstić information content (AvgIpc) is 2.20. The maximum atomic E-state index is 5.44. The summed E-state index contributed by atoms with van der Waals surface area (Å²) in [6.45, 7) is 5.36. The van der Waals surface area contributed by atoms with Crippen LogP contribution in [0.15, 0.2) is 40.9 Å². The number of ether oxygens (including phenoxy) is 1. The molecule has 0 aliphatic rings. The third kappa shape index (κ3) is 3.62. The van der Waals surface area contributed by atoms with E-state index in [4.69, 9.17) is 10.5 Å². The molecule has 2 nitrogen and oxygen atoms in total. The van der Waals surface area contributed by atoms with Gasteiger partial charge in [-0.1, -0.05) is 40.7 Å². The molecule has 0 spiro atoms. The highest BCUT2D eigenvalue weighted by molar-refractivity contribution is 9.10. The van der Waals surface area contributed by atoms with E-state index in [-0.39, 0.29) is 0 Å². The molecule has 0 aliphatic carbocycles. The summed E-state index contributed by atoms with van der Waals surface area (Å²) in [7, 11) is 0. The summed E-state index contributed by atoms with van der Waals surface area (Å²) in [6.07, 6.45) is 0. The van der Waals surface area contributed by atoms with Gasteiger partial charge in [0.15, 0.2) is 0 Å². The van der Waals surface area contributed by atoms with Gasteiger partial charge in [-0.05, 0) is 17.2 Å². The molecule has 0 aromatic heterocycles. The predicted molar refractivity (Wildman–Crippen MR) is 62.0 cm³/mol.